The largest absolute Gasteiger partial charge is 0.461 e. The van der Waals surface area contributed by atoms with Gasteiger partial charge in [0.05, 0.1) is 12.5 Å². The van der Waals surface area contributed by atoms with Crippen LogP contribution in [0, 0.1) is 0 Å². The van der Waals surface area contributed by atoms with Crippen molar-refractivity contribution in [1.82, 2.24) is 5.32 Å². The standard InChI is InChI=1S/C12H13NO4/c14-11(6-10-8-17-12(15)13-10)16-7-9-4-2-1-3-5-9/h1-5,10H,6-8H2,(H,13,15)/t10-/m1/s1. The molecule has 90 valence electrons. The molecule has 0 bridgehead atoms. The molecule has 0 spiro atoms. The highest BCUT2D eigenvalue weighted by molar-refractivity contribution is 5.74. The second-order valence-corrected chi connectivity index (χ2v) is 3.79. The lowest BCUT2D eigenvalue weighted by molar-refractivity contribution is -0.145. The van der Waals surface area contributed by atoms with Gasteiger partial charge < -0.3 is 14.8 Å². The predicted octanol–water partition coefficient (Wildman–Crippen LogP) is 1.23. The van der Waals surface area contributed by atoms with Crippen molar-refractivity contribution >= 4 is 12.1 Å². The Kier molecular flexibility index (Phi) is 3.59. The quantitative estimate of drug-likeness (QED) is 0.797. The number of amides is 1. The Morgan fingerprint density at radius 2 is 2.18 bits per heavy atom. The number of benzene rings is 1. The molecule has 1 atom stereocenters. The molecule has 1 N–H and O–H groups in total. The van der Waals surface area contributed by atoms with E-state index in [2.05, 4.69) is 10.1 Å². The molecule has 5 heteroatoms. The molecule has 0 radical (unpaired) electrons. The zero-order chi connectivity index (χ0) is 12.1. The number of carbonyl (C=O) groups is 2. The fraction of sp³-hybridized carbons (Fsp3) is 0.333. The van der Waals surface area contributed by atoms with Crippen LogP contribution in [0.1, 0.15) is 12.0 Å². The number of hydrogen-bond donors (Lipinski definition) is 1. The van der Waals surface area contributed by atoms with E-state index in [1.54, 1.807) is 0 Å². The van der Waals surface area contributed by atoms with E-state index < -0.39 is 6.09 Å². The summed E-state index contributed by atoms with van der Waals surface area (Å²) in [5, 5.41) is 2.52. The third kappa shape index (κ3) is 3.48. The highest BCUT2D eigenvalue weighted by Gasteiger charge is 2.25. The van der Waals surface area contributed by atoms with Gasteiger partial charge in [-0.3, -0.25) is 4.79 Å². The predicted molar refractivity (Wildman–Crippen MR) is 59.1 cm³/mol. The first-order chi connectivity index (χ1) is 8.24. The molecular formula is C12H13NO4. The number of hydrogen-bond acceptors (Lipinski definition) is 4. The summed E-state index contributed by atoms with van der Waals surface area (Å²) in [6, 6.07) is 9.16. The first-order valence-corrected chi connectivity index (χ1v) is 5.37. The van der Waals surface area contributed by atoms with Crippen molar-refractivity contribution < 1.29 is 19.1 Å². The second-order valence-electron chi connectivity index (χ2n) is 3.79. The fourth-order valence-electron chi connectivity index (χ4n) is 1.53. The molecule has 1 aromatic carbocycles. The minimum atomic E-state index is -0.481. The van der Waals surface area contributed by atoms with Crippen molar-refractivity contribution in [3.05, 3.63) is 35.9 Å². The lowest BCUT2D eigenvalue weighted by Crippen LogP contribution is -2.29. The summed E-state index contributed by atoms with van der Waals surface area (Å²) in [6.07, 6.45) is -0.343. The second kappa shape index (κ2) is 5.34. The Hall–Kier alpha value is -2.04. The number of nitrogens with one attached hydrogen (secondary N) is 1. The third-order valence-electron chi connectivity index (χ3n) is 2.39. The molecule has 17 heavy (non-hydrogen) atoms. The van der Waals surface area contributed by atoms with Gasteiger partial charge in [0.1, 0.15) is 13.2 Å². The Labute approximate surface area is 98.7 Å². The van der Waals surface area contributed by atoms with E-state index in [0.29, 0.717) is 0 Å². The molecule has 1 amide bonds. The maximum atomic E-state index is 11.4. The normalized spacial score (nSPS) is 18.4. The van der Waals surface area contributed by atoms with Gasteiger partial charge in [-0.15, -0.1) is 0 Å². The molecule has 1 aromatic rings. The minimum absolute atomic E-state index is 0.137. The Bertz CT molecular complexity index is 404. The van der Waals surface area contributed by atoms with Crippen molar-refractivity contribution in [3.63, 3.8) is 0 Å². The summed E-state index contributed by atoms with van der Waals surface area (Å²) in [5.41, 5.74) is 0.938. The van der Waals surface area contributed by atoms with E-state index in [9.17, 15) is 9.59 Å². The zero-order valence-corrected chi connectivity index (χ0v) is 9.22. The van der Waals surface area contributed by atoms with Crippen molar-refractivity contribution in [2.45, 2.75) is 19.1 Å². The molecule has 0 unspecified atom stereocenters. The Morgan fingerprint density at radius 3 is 2.82 bits per heavy atom. The van der Waals surface area contributed by atoms with Crippen molar-refractivity contribution in [3.8, 4) is 0 Å². The summed E-state index contributed by atoms with van der Waals surface area (Å²) in [5.74, 6) is -0.343. The van der Waals surface area contributed by atoms with E-state index in [-0.39, 0.29) is 31.6 Å². The molecular weight excluding hydrogens is 222 g/mol. The Balaban J connectivity index is 1.73. The van der Waals surface area contributed by atoms with Gasteiger partial charge in [0, 0.05) is 0 Å². The molecule has 1 saturated heterocycles. The molecule has 1 fully saturated rings. The maximum absolute atomic E-state index is 11.4. The summed E-state index contributed by atoms with van der Waals surface area (Å²) >= 11 is 0. The van der Waals surface area contributed by atoms with Gasteiger partial charge in [0.15, 0.2) is 0 Å². The summed E-state index contributed by atoms with van der Waals surface area (Å²) in [4.78, 5) is 22.2. The van der Waals surface area contributed by atoms with Gasteiger partial charge in [-0.05, 0) is 5.56 Å². The van der Waals surface area contributed by atoms with E-state index in [0.717, 1.165) is 5.56 Å². The maximum Gasteiger partial charge on any atom is 0.407 e. The van der Waals surface area contributed by atoms with E-state index in [1.165, 1.54) is 0 Å². The Morgan fingerprint density at radius 1 is 1.41 bits per heavy atom. The smallest absolute Gasteiger partial charge is 0.407 e. The highest BCUT2D eigenvalue weighted by atomic mass is 16.6. The van der Waals surface area contributed by atoms with Gasteiger partial charge in [0.2, 0.25) is 0 Å². The molecule has 0 aromatic heterocycles. The molecule has 0 saturated carbocycles. The van der Waals surface area contributed by atoms with Crippen LogP contribution in [-0.2, 0) is 20.9 Å². The topological polar surface area (TPSA) is 64.6 Å². The van der Waals surface area contributed by atoms with Crippen molar-refractivity contribution in [2.24, 2.45) is 0 Å². The van der Waals surface area contributed by atoms with Crippen molar-refractivity contribution in [1.29, 1.82) is 0 Å². The summed E-state index contributed by atoms with van der Waals surface area (Å²) in [7, 11) is 0. The average Bonchev–Trinajstić information content (AvgIpc) is 2.73. The summed E-state index contributed by atoms with van der Waals surface area (Å²) in [6.45, 7) is 0.473. The van der Waals surface area contributed by atoms with Gasteiger partial charge in [0.25, 0.3) is 0 Å². The van der Waals surface area contributed by atoms with Crippen LogP contribution in [0.2, 0.25) is 0 Å². The minimum Gasteiger partial charge on any atom is -0.461 e. The number of cyclic esters (lactones) is 1. The van der Waals surface area contributed by atoms with Crippen LogP contribution in [0.5, 0.6) is 0 Å². The van der Waals surface area contributed by atoms with Crippen LogP contribution in [0.25, 0.3) is 0 Å². The van der Waals surface area contributed by atoms with Gasteiger partial charge in [-0.2, -0.15) is 0 Å². The van der Waals surface area contributed by atoms with E-state index >= 15 is 0 Å². The van der Waals surface area contributed by atoms with Gasteiger partial charge in [-0.1, -0.05) is 30.3 Å². The van der Waals surface area contributed by atoms with Crippen LogP contribution >= 0.6 is 0 Å². The SMILES string of the molecule is O=C(C[C@@H]1COC(=O)N1)OCc1ccccc1. The van der Waals surface area contributed by atoms with Crippen LogP contribution < -0.4 is 5.32 Å². The van der Waals surface area contributed by atoms with Gasteiger partial charge in [-0.25, -0.2) is 4.79 Å². The number of carbonyl (C=O) groups excluding carboxylic acids is 2. The third-order valence-corrected chi connectivity index (χ3v) is 2.39. The molecule has 0 aliphatic carbocycles. The van der Waals surface area contributed by atoms with Crippen LogP contribution in [0.3, 0.4) is 0 Å². The first-order valence-electron chi connectivity index (χ1n) is 5.37. The average molecular weight is 235 g/mol. The molecule has 1 aliphatic heterocycles. The van der Waals surface area contributed by atoms with Crippen LogP contribution in [0.15, 0.2) is 30.3 Å². The highest BCUT2D eigenvalue weighted by Crippen LogP contribution is 2.06. The van der Waals surface area contributed by atoms with Crippen molar-refractivity contribution in [2.75, 3.05) is 6.61 Å². The number of rotatable bonds is 4. The van der Waals surface area contributed by atoms with E-state index in [4.69, 9.17) is 4.74 Å². The molecule has 5 nitrogen and oxygen atoms in total. The summed E-state index contributed by atoms with van der Waals surface area (Å²) < 4.78 is 9.75. The monoisotopic (exact) mass is 235 g/mol. The zero-order valence-electron chi connectivity index (χ0n) is 9.22. The van der Waals surface area contributed by atoms with E-state index in [1.807, 2.05) is 30.3 Å². The molecule has 2 rings (SSSR count). The number of esters is 1. The van der Waals surface area contributed by atoms with Crippen LogP contribution in [-0.4, -0.2) is 24.7 Å². The molecule has 1 aliphatic rings. The lowest BCUT2D eigenvalue weighted by Gasteiger charge is -2.07. The fourth-order valence-corrected chi connectivity index (χ4v) is 1.53. The number of ether oxygens (including phenoxy) is 2. The number of alkyl carbamates (subject to hydrolysis) is 1. The molecule has 1 heterocycles. The van der Waals surface area contributed by atoms with Crippen LogP contribution in [0.4, 0.5) is 4.79 Å². The lowest BCUT2D eigenvalue weighted by atomic mass is 10.2. The van der Waals surface area contributed by atoms with Gasteiger partial charge >= 0.3 is 12.1 Å². The first kappa shape index (κ1) is 11.4.